The maximum absolute atomic E-state index is 11.7. The van der Waals surface area contributed by atoms with E-state index in [4.69, 9.17) is 5.73 Å². The third-order valence-electron chi connectivity index (χ3n) is 4.53. The van der Waals surface area contributed by atoms with Gasteiger partial charge >= 0.3 is 6.03 Å². The lowest BCUT2D eigenvalue weighted by atomic mass is 9.88. The fraction of sp³-hybridized carbons (Fsp3) is 0.867. The van der Waals surface area contributed by atoms with Crippen LogP contribution in [0, 0.1) is 5.92 Å². The summed E-state index contributed by atoms with van der Waals surface area (Å²) in [7, 11) is 0. The summed E-state index contributed by atoms with van der Waals surface area (Å²) in [5, 5.41) is 5.32. The van der Waals surface area contributed by atoms with E-state index in [1.54, 1.807) is 0 Å². The number of primary amides is 1. The SMILES string of the molecule is NC(=O)NCC(=O)N[C@@H]1CCCN(CC2CCCCC2)C1. The standard InChI is InChI=1S/C15H28N4O2/c16-15(21)17-9-14(20)18-13-7-4-8-19(11-13)10-12-5-2-1-3-6-12/h12-13H,1-11H2,(H,18,20)(H3,16,17,21)/t13-/m1/s1. The average molecular weight is 296 g/mol. The first kappa shape index (κ1) is 16.1. The number of nitrogens with two attached hydrogens (primary N) is 1. The van der Waals surface area contributed by atoms with Crippen LogP contribution in [0.5, 0.6) is 0 Å². The minimum atomic E-state index is -0.660. The van der Waals surface area contributed by atoms with Crippen molar-refractivity contribution in [2.45, 2.75) is 51.0 Å². The summed E-state index contributed by atoms with van der Waals surface area (Å²) in [5.41, 5.74) is 4.96. The van der Waals surface area contributed by atoms with Gasteiger partial charge in [0.15, 0.2) is 0 Å². The lowest BCUT2D eigenvalue weighted by Gasteiger charge is -2.36. The van der Waals surface area contributed by atoms with E-state index < -0.39 is 6.03 Å². The van der Waals surface area contributed by atoms with Crippen molar-refractivity contribution in [1.82, 2.24) is 15.5 Å². The zero-order valence-corrected chi connectivity index (χ0v) is 12.8. The quantitative estimate of drug-likeness (QED) is 0.702. The van der Waals surface area contributed by atoms with E-state index in [0.29, 0.717) is 0 Å². The number of amides is 3. The van der Waals surface area contributed by atoms with Crippen molar-refractivity contribution in [2.75, 3.05) is 26.2 Å². The normalized spacial score (nSPS) is 24.5. The van der Waals surface area contributed by atoms with Gasteiger partial charge in [-0.05, 0) is 38.1 Å². The Morgan fingerprint density at radius 2 is 1.86 bits per heavy atom. The van der Waals surface area contributed by atoms with Crippen molar-refractivity contribution in [1.29, 1.82) is 0 Å². The van der Waals surface area contributed by atoms with E-state index in [1.165, 1.54) is 38.6 Å². The molecule has 1 atom stereocenters. The summed E-state index contributed by atoms with van der Waals surface area (Å²) in [6, 6.07) is -0.461. The van der Waals surface area contributed by atoms with Gasteiger partial charge in [0.1, 0.15) is 0 Å². The number of rotatable bonds is 5. The van der Waals surface area contributed by atoms with Gasteiger partial charge < -0.3 is 21.3 Å². The van der Waals surface area contributed by atoms with E-state index >= 15 is 0 Å². The van der Waals surface area contributed by atoms with Crippen molar-refractivity contribution >= 4 is 11.9 Å². The predicted molar refractivity (Wildman–Crippen MR) is 81.8 cm³/mol. The molecule has 2 fully saturated rings. The highest BCUT2D eigenvalue weighted by molar-refractivity contribution is 5.83. The van der Waals surface area contributed by atoms with Crippen molar-refractivity contribution < 1.29 is 9.59 Å². The molecule has 1 aliphatic heterocycles. The molecule has 0 aromatic carbocycles. The Hall–Kier alpha value is -1.30. The summed E-state index contributed by atoms with van der Waals surface area (Å²) >= 11 is 0. The molecule has 0 bridgehead atoms. The summed E-state index contributed by atoms with van der Waals surface area (Å²) in [5.74, 6) is 0.683. The molecule has 6 heteroatoms. The number of piperidine rings is 1. The monoisotopic (exact) mass is 296 g/mol. The number of nitrogens with one attached hydrogen (secondary N) is 2. The van der Waals surface area contributed by atoms with Crippen LogP contribution in [-0.2, 0) is 4.79 Å². The highest BCUT2D eigenvalue weighted by Crippen LogP contribution is 2.25. The molecule has 21 heavy (non-hydrogen) atoms. The number of likely N-dealkylation sites (tertiary alicyclic amines) is 1. The molecule has 1 heterocycles. The van der Waals surface area contributed by atoms with E-state index in [2.05, 4.69) is 15.5 Å². The van der Waals surface area contributed by atoms with Gasteiger partial charge in [-0.3, -0.25) is 4.79 Å². The number of nitrogens with zero attached hydrogens (tertiary/aromatic N) is 1. The van der Waals surface area contributed by atoms with Gasteiger partial charge in [-0.2, -0.15) is 0 Å². The highest BCUT2D eigenvalue weighted by atomic mass is 16.2. The van der Waals surface area contributed by atoms with Crippen LogP contribution in [0.4, 0.5) is 4.79 Å². The second-order valence-corrected chi connectivity index (χ2v) is 6.39. The molecule has 6 nitrogen and oxygen atoms in total. The van der Waals surface area contributed by atoms with E-state index in [0.717, 1.165) is 31.8 Å². The summed E-state index contributed by atoms with van der Waals surface area (Å²) in [6.45, 7) is 3.21. The Labute approximate surface area is 126 Å². The fourth-order valence-corrected chi connectivity index (χ4v) is 3.52. The van der Waals surface area contributed by atoms with Gasteiger partial charge in [0.05, 0.1) is 6.54 Å². The van der Waals surface area contributed by atoms with Crippen LogP contribution in [0.3, 0.4) is 0 Å². The van der Waals surface area contributed by atoms with E-state index in [9.17, 15) is 9.59 Å². The minimum absolute atomic E-state index is 0.0333. The highest BCUT2D eigenvalue weighted by Gasteiger charge is 2.24. The summed E-state index contributed by atoms with van der Waals surface area (Å²) < 4.78 is 0. The van der Waals surface area contributed by atoms with Gasteiger partial charge in [0.25, 0.3) is 0 Å². The van der Waals surface area contributed by atoms with Crippen LogP contribution in [0.2, 0.25) is 0 Å². The maximum Gasteiger partial charge on any atom is 0.312 e. The molecule has 120 valence electrons. The second-order valence-electron chi connectivity index (χ2n) is 6.39. The Kier molecular flexibility index (Phi) is 6.29. The summed E-state index contributed by atoms with van der Waals surface area (Å²) in [6.07, 6.45) is 8.99. The molecular weight excluding hydrogens is 268 g/mol. The van der Waals surface area contributed by atoms with Crippen LogP contribution >= 0.6 is 0 Å². The zero-order chi connectivity index (χ0) is 15.1. The largest absolute Gasteiger partial charge is 0.352 e. The predicted octanol–water partition coefficient (Wildman–Crippen LogP) is 0.816. The molecule has 3 amide bonds. The lowest BCUT2D eigenvalue weighted by Crippen LogP contribution is -2.51. The van der Waals surface area contributed by atoms with Crippen LogP contribution < -0.4 is 16.4 Å². The van der Waals surface area contributed by atoms with Crippen molar-refractivity contribution in [3.8, 4) is 0 Å². The van der Waals surface area contributed by atoms with Gasteiger partial charge in [-0.1, -0.05) is 19.3 Å². The Bertz CT molecular complexity index is 356. The number of hydrogen-bond acceptors (Lipinski definition) is 3. The minimum Gasteiger partial charge on any atom is -0.352 e. The lowest BCUT2D eigenvalue weighted by molar-refractivity contribution is -0.121. The number of carbonyl (C=O) groups is 2. The molecule has 0 aromatic heterocycles. The Balaban J connectivity index is 1.69. The molecule has 0 aromatic rings. The summed E-state index contributed by atoms with van der Waals surface area (Å²) in [4.78, 5) is 24.8. The van der Waals surface area contributed by atoms with Gasteiger partial charge in [-0.15, -0.1) is 0 Å². The molecule has 1 saturated carbocycles. The van der Waals surface area contributed by atoms with Crippen LogP contribution in [0.15, 0.2) is 0 Å². The van der Waals surface area contributed by atoms with Crippen LogP contribution in [-0.4, -0.2) is 49.1 Å². The average Bonchev–Trinajstić information content (AvgIpc) is 2.46. The Morgan fingerprint density at radius 3 is 2.57 bits per heavy atom. The second kappa shape index (κ2) is 8.22. The van der Waals surface area contributed by atoms with Gasteiger partial charge in [0, 0.05) is 19.1 Å². The molecule has 0 unspecified atom stereocenters. The topological polar surface area (TPSA) is 87.5 Å². The first-order valence-corrected chi connectivity index (χ1v) is 8.18. The molecule has 2 aliphatic rings. The van der Waals surface area contributed by atoms with Crippen molar-refractivity contribution in [2.24, 2.45) is 11.7 Å². The molecule has 1 aliphatic carbocycles. The zero-order valence-electron chi connectivity index (χ0n) is 12.8. The molecule has 2 rings (SSSR count). The van der Waals surface area contributed by atoms with Crippen LogP contribution in [0.1, 0.15) is 44.9 Å². The molecule has 1 saturated heterocycles. The number of carbonyl (C=O) groups excluding carboxylic acids is 2. The molecule has 0 radical (unpaired) electrons. The smallest absolute Gasteiger partial charge is 0.312 e. The van der Waals surface area contributed by atoms with Gasteiger partial charge in [0.2, 0.25) is 5.91 Å². The third kappa shape index (κ3) is 5.91. The maximum atomic E-state index is 11.7. The van der Waals surface area contributed by atoms with E-state index in [1.807, 2.05) is 0 Å². The van der Waals surface area contributed by atoms with Crippen molar-refractivity contribution in [3.05, 3.63) is 0 Å². The number of urea groups is 1. The Morgan fingerprint density at radius 1 is 1.10 bits per heavy atom. The number of hydrogen-bond donors (Lipinski definition) is 3. The van der Waals surface area contributed by atoms with Crippen molar-refractivity contribution in [3.63, 3.8) is 0 Å². The third-order valence-corrected chi connectivity index (χ3v) is 4.53. The fourth-order valence-electron chi connectivity index (χ4n) is 3.52. The first-order valence-electron chi connectivity index (χ1n) is 8.18. The molecule has 4 N–H and O–H groups in total. The first-order chi connectivity index (χ1) is 10.1. The van der Waals surface area contributed by atoms with E-state index in [-0.39, 0.29) is 18.5 Å². The molecular formula is C15H28N4O2. The van der Waals surface area contributed by atoms with Crippen LogP contribution in [0.25, 0.3) is 0 Å². The molecule has 0 spiro atoms. The van der Waals surface area contributed by atoms with Gasteiger partial charge in [-0.25, -0.2) is 4.79 Å².